The molecule has 0 radical (unpaired) electrons. The largest absolute Gasteiger partial charge is 0.456 e. The molecule has 1 heterocycles. The standard InChI is InChI=1S/C21H21NO/c1-3-4-5-6-9-14-22-16(2)17-12-13-19-18-10-7-8-11-20(18)23-21(19)15-17/h3-8,10-13,15H,9,14H2,1-2H3/b4-3-,6-5-,22-16+. The Morgan fingerprint density at radius 1 is 1.04 bits per heavy atom. The minimum absolute atomic E-state index is 0.804. The van der Waals surface area contributed by atoms with E-state index in [9.17, 15) is 0 Å². The predicted octanol–water partition coefficient (Wildman–Crippen LogP) is 5.92. The molecule has 0 bridgehead atoms. The lowest BCUT2D eigenvalue weighted by molar-refractivity contribution is 0.669. The van der Waals surface area contributed by atoms with E-state index < -0.39 is 0 Å². The van der Waals surface area contributed by atoms with Crippen LogP contribution in [-0.2, 0) is 0 Å². The highest BCUT2D eigenvalue weighted by Gasteiger charge is 2.07. The maximum absolute atomic E-state index is 5.94. The third-order valence-electron chi connectivity index (χ3n) is 3.88. The summed E-state index contributed by atoms with van der Waals surface area (Å²) in [5.74, 6) is 0. The SMILES string of the molecule is C/C=C\C=C/CC/N=C(\C)c1ccc2c(c1)oc1ccccc12. The van der Waals surface area contributed by atoms with E-state index in [4.69, 9.17) is 4.42 Å². The van der Waals surface area contributed by atoms with E-state index in [-0.39, 0.29) is 0 Å². The van der Waals surface area contributed by atoms with Gasteiger partial charge in [0, 0.05) is 23.0 Å². The van der Waals surface area contributed by atoms with Crippen LogP contribution < -0.4 is 0 Å². The highest BCUT2D eigenvalue weighted by molar-refractivity contribution is 6.08. The van der Waals surface area contributed by atoms with E-state index >= 15 is 0 Å². The number of hydrogen-bond acceptors (Lipinski definition) is 2. The molecule has 0 spiro atoms. The second kappa shape index (κ2) is 7.10. The summed E-state index contributed by atoms with van der Waals surface area (Å²) in [5, 5.41) is 2.32. The first-order valence-corrected chi connectivity index (χ1v) is 8.00. The van der Waals surface area contributed by atoms with Gasteiger partial charge in [-0.15, -0.1) is 0 Å². The van der Waals surface area contributed by atoms with Crippen LogP contribution in [0.15, 0.2) is 76.2 Å². The van der Waals surface area contributed by atoms with E-state index in [2.05, 4.69) is 48.3 Å². The van der Waals surface area contributed by atoms with Crippen LogP contribution in [0.3, 0.4) is 0 Å². The van der Waals surface area contributed by atoms with Crippen molar-refractivity contribution in [3.05, 3.63) is 72.3 Å². The molecule has 116 valence electrons. The first kappa shape index (κ1) is 15.3. The van der Waals surface area contributed by atoms with Gasteiger partial charge >= 0.3 is 0 Å². The van der Waals surface area contributed by atoms with Gasteiger partial charge in [-0.25, -0.2) is 0 Å². The van der Waals surface area contributed by atoms with E-state index in [1.807, 2.05) is 37.3 Å². The van der Waals surface area contributed by atoms with Crippen LogP contribution in [0, 0.1) is 0 Å². The summed E-state index contributed by atoms with van der Waals surface area (Å²) >= 11 is 0. The molecular weight excluding hydrogens is 282 g/mol. The van der Waals surface area contributed by atoms with Crippen molar-refractivity contribution >= 4 is 27.7 Å². The van der Waals surface area contributed by atoms with Crippen molar-refractivity contribution in [2.24, 2.45) is 4.99 Å². The third kappa shape index (κ3) is 3.42. The Labute approximate surface area is 136 Å². The van der Waals surface area contributed by atoms with Gasteiger partial charge in [0.25, 0.3) is 0 Å². The van der Waals surface area contributed by atoms with Crippen molar-refractivity contribution in [2.75, 3.05) is 6.54 Å². The lowest BCUT2D eigenvalue weighted by Crippen LogP contribution is -1.95. The lowest BCUT2D eigenvalue weighted by atomic mass is 10.1. The van der Waals surface area contributed by atoms with Gasteiger partial charge in [0.15, 0.2) is 0 Å². The Kier molecular flexibility index (Phi) is 4.72. The summed E-state index contributed by atoms with van der Waals surface area (Å²) in [6.07, 6.45) is 9.21. The fourth-order valence-corrected chi connectivity index (χ4v) is 2.63. The topological polar surface area (TPSA) is 25.5 Å². The van der Waals surface area contributed by atoms with Crippen LogP contribution >= 0.6 is 0 Å². The van der Waals surface area contributed by atoms with Crippen LogP contribution in [0.4, 0.5) is 0 Å². The first-order valence-electron chi connectivity index (χ1n) is 8.00. The van der Waals surface area contributed by atoms with Crippen molar-refractivity contribution < 1.29 is 4.42 Å². The summed E-state index contributed by atoms with van der Waals surface area (Å²) in [4.78, 5) is 4.65. The Morgan fingerprint density at radius 2 is 1.87 bits per heavy atom. The van der Waals surface area contributed by atoms with Crippen LogP contribution in [-0.4, -0.2) is 12.3 Å². The average molecular weight is 303 g/mol. The van der Waals surface area contributed by atoms with E-state index in [0.717, 1.165) is 46.2 Å². The van der Waals surface area contributed by atoms with Crippen molar-refractivity contribution in [3.63, 3.8) is 0 Å². The first-order chi connectivity index (χ1) is 11.3. The molecule has 3 aromatic rings. The number of hydrogen-bond donors (Lipinski definition) is 0. The average Bonchev–Trinajstić information content (AvgIpc) is 2.95. The summed E-state index contributed by atoms with van der Waals surface area (Å²) in [6.45, 7) is 4.87. The molecule has 3 rings (SSSR count). The number of nitrogens with zero attached hydrogens (tertiary/aromatic N) is 1. The Morgan fingerprint density at radius 3 is 2.74 bits per heavy atom. The Balaban J connectivity index is 1.80. The summed E-state index contributed by atoms with van der Waals surface area (Å²) in [7, 11) is 0. The number of aliphatic imine (C=N–C) groups is 1. The van der Waals surface area contributed by atoms with Gasteiger partial charge in [0.2, 0.25) is 0 Å². The Bertz CT molecular complexity index is 896. The summed E-state index contributed by atoms with van der Waals surface area (Å²) in [5.41, 5.74) is 4.02. The molecule has 0 fully saturated rings. The molecule has 0 saturated carbocycles. The summed E-state index contributed by atoms with van der Waals surface area (Å²) < 4.78 is 5.94. The number of benzene rings is 2. The highest BCUT2D eigenvalue weighted by Crippen LogP contribution is 2.29. The number of rotatable bonds is 5. The smallest absolute Gasteiger partial charge is 0.136 e. The molecule has 0 unspecified atom stereocenters. The molecule has 0 amide bonds. The van der Waals surface area contributed by atoms with Gasteiger partial charge < -0.3 is 4.42 Å². The maximum Gasteiger partial charge on any atom is 0.136 e. The van der Waals surface area contributed by atoms with Crippen molar-refractivity contribution in [2.45, 2.75) is 20.3 Å². The van der Waals surface area contributed by atoms with Crippen LogP contribution in [0.25, 0.3) is 21.9 Å². The fraction of sp³-hybridized carbons (Fsp3) is 0.190. The normalized spacial score (nSPS) is 13.0. The molecule has 0 aliphatic rings. The van der Waals surface area contributed by atoms with Crippen LogP contribution in [0.2, 0.25) is 0 Å². The van der Waals surface area contributed by atoms with Crippen LogP contribution in [0.5, 0.6) is 0 Å². The zero-order valence-electron chi connectivity index (χ0n) is 13.6. The van der Waals surface area contributed by atoms with Gasteiger partial charge in [-0.05, 0) is 44.0 Å². The minimum atomic E-state index is 0.804. The maximum atomic E-state index is 5.94. The molecular formula is C21H21NO. The number of fused-ring (bicyclic) bond motifs is 3. The van der Waals surface area contributed by atoms with E-state index in [0.29, 0.717) is 0 Å². The zero-order valence-corrected chi connectivity index (χ0v) is 13.6. The monoisotopic (exact) mass is 303 g/mol. The minimum Gasteiger partial charge on any atom is -0.456 e. The number of furan rings is 1. The third-order valence-corrected chi connectivity index (χ3v) is 3.88. The lowest BCUT2D eigenvalue weighted by Gasteiger charge is -2.00. The van der Waals surface area contributed by atoms with E-state index in [1.54, 1.807) is 0 Å². The van der Waals surface area contributed by atoms with Crippen molar-refractivity contribution in [3.8, 4) is 0 Å². The van der Waals surface area contributed by atoms with E-state index in [1.165, 1.54) is 0 Å². The zero-order chi connectivity index (χ0) is 16.1. The molecule has 23 heavy (non-hydrogen) atoms. The molecule has 2 aromatic carbocycles. The second-order valence-electron chi connectivity index (χ2n) is 5.52. The molecule has 0 N–H and O–H groups in total. The van der Waals surface area contributed by atoms with Gasteiger partial charge in [-0.1, -0.05) is 48.6 Å². The highest BCUT2D eigenvalue weighted by atomic mass is 16.3. The molecule has 0 aliphatic carbocycles. The van der Waals surface area contributed by atoms with Gasteiger partial charge in [-0.3, -0.25) is 4.99 Å². The Hall–Kier alpha value is -2.61. The quantitative estimate of drug-likeness (QED) is 0.326. The number of allylic oxidation sites excluding steroid dienone is 3. The molecule has 0 aliphatic heterocycles. The number of para-hydroxylation sites is 1. The molecule has 2 heteroatoms. The van der Waals surface area contributed by atoms with Crippen LogP contribution in [0.1, 0.15) is 25.8 Å². The molecule has 2 nitrogen and oxygen atoms in total. The molecule has 1 aromatic heterocycles. The molecule has 0 saturated heterocycles. The van der Waals surface area contributed by atoms with Gasteiger partial charge in [-0.2, -0.15) is 0 Å². The van der Waals surface area contributed by atoms with Gasteiger partial charge in [0.1, 0.15) is 11.2 Å². The second-order valence-corrected chi connectivity index (χ2v) is 5.52. The fourth-order valence-electron chi connectivity index (χ4n) is 2.63. The predicted molar refractivity (Wildman–Crippen MR) is 99.4 cm³/mol. The van der Waals surface area contributed by atoms with Crippen molar-refractivity contribution in [1.29, 1.82) is 0 Å². The van der Waals surface area contributed by atoms with Gasteiger partial charge in [0.05, 0.1) is 0 Å². The molecule has 0 atom stereocenters. The van der Waals surface area contributed by atoms with Crippen molar-refractivity contribution in [1.82, 2.24) is 0 Å². The summed E-state index contributed by atoms with van der Waals surface area (Å²) in [6, 6.07) is 14.5.